The third kappa shape index (κ3) is 3.37. The zero-order chi connectivity index (χ0) is 12.7. The number of benzene rings is 1. The highest BCUT2D eigenvalue weighted by atomic mass is 16.5. The number of hydrogen-bond acceptors (Lipinski definition) is 5. The second-order valence-electron chi connectivity index (χ2n) is 2.94. The minimum atomic E-state index is -0.636. The first kappa shape index (κ1) is 12.8. The number of rotatable bonds is 4. The molecule has 0 saturated heterocycles. The van der Waals surface area contributed by atoms with E-state index in [1.807, 2.05) is 0 Å². The fourth-order valence-electron chi connectivity index (χ4n) is 1.21. The van der Waals surface area contributed by atoms with Crippen LogP contribution in [0.25, 0.3) is 0 Å². The number of amides is 1. The maximum Gasteiger partial charge on any atom is 0.427 e. The summed E-state index contributed by atoms with van der Waals surface area (Å²) in [5, 5.41) is 3.71. The van der Waals surface area contributed by atoms with E-state index in [4.69, 9.17) is 9.47 Å². The Bertz CT molecular complexity index is 418. The molecular formula is C11H14N2O4. The molecule has 6 heteroatoms. The Morgan fingerprint density at radius 2 is 2.06 bits per heavy atom. The molecule has 1 N–H and O–H groups in total. The molecule has 0 atom stereocenters. The molecule has 0 radical (unpaired) electrons. The van der Waals surface area contributed by atoms with Crippen molar-refractivity contribution in [1.82, 2.24) is 5.43 Å². The molecule has 0 fully saturated rings. The number of methoxy groups -OCH3 is 3. The van der Waals surface area contributed by atoms with E-state index < -0.39 is 6.09 Å². The second kappa shape index (κ2) is 6.37. The Morgan fingerprint density at radius 3 is 2.65 bits per heavy atom. The third-order valence-corrected chi connectivity index (χ3v) is 1.98. The maximum absolute atomic E-state index is 10.8. The van der Waals surface area contributed by atoms with Crippen molar-refractivity contribution in [3.8, 4) is 11.5 Å². The van der Waals surface area contributed by atoms with Crippen molar-refractivity contribution in [3.05, 3.63) is 23.8 Å². The molecule has 1 aromatic carbocycles. The van der Waals surface area contributed by atoms with E-state index in [2.05, 4.69) is 15.3 Å². The lowest BCUT2D eigenvalue weighted by Crippen LogP contribution is -2.16. The normalized spacial score (nSPS) is 10.1. The van der Waals surface area contributed by atoms with Gasteiger partial charge in [-0.25, -0.2) is 10.2 Å². The fourth-order valence-corrected chi connectivity index (χ4v) is 1.21. The standard InChI is InChI=1S/C11H14N2O4/c1-15-9-6-4-5-8(10(9)16-2)7-12-13-11(14)17-3/h4-7H,1-3H3,(H,13,14). The molecule has 0 unspecified atom stereocenters. The lowest BCUT2D eigenvalue weighted by molar-refractivity contribution is 0.171. The topological polar surface area (TPSA) is 69.2 Å². The zero-order valence-corrected chi connectivity index (χ0v) is 9.89. The molecule has 0 saturated carbocycles. The van der Waals surface area contributed by atoms with E-state index in [0.717, 1.165) is 0 Å². The number of carbonyl (C=O) groups is 1. The number of nitrogens with zero attached hydrogens (tertiary/aromatic N) is 1. The van der Waals surface area contributed by atoms with Gasteiger partial charge in [0.25, 0.3) is 0 Å². The second-order valence-corrected chi connectivity index (χ2v) is 2.94. The quantitative estimate of drug-likeness (QED) is 0.635. The van der Waals surface area contributed by atoms with Crippen LogP contribution in [0.3, 0.4) is 0 Å². The van der Waals surface area contributed by atoms with E-state index in [0.29, 0.717) is 17.1 Å². The van der Waals surface area contributed by atoms with Gasteiger partial charge in [-0.05, 0) is 12.1 Å². The highest BCUT2D eigenvalue weighted by molar-refractivity contribution is 5.85. The molecular weight excluding hydrogens is 224 g/mol. The van der Waals surface area contributed by atoms with Gasteiger partial charge >= 0.3 is 6.09 Å². The van der Waals surface area contributed by atoms with Crippen LogP contribution < -0.4 is 14.9 Å². The zero-order valence-electron chi connectivity index (χ0n) is 9.89. The van der Waals surface area contributed by atoms with E-state index in [9.17, 15) is 4.79 Å². The van der Waals surface area contributed by atoms with Gasteiger partial charge in [-0.2, -0.15) is 5.10 Å². The minimum absolute atomic E-state index is 0.547. The monoisotopic (exact) mass is 238 g/mol. The summed E-state index contributed by atoms with van der Waals surface area (Å²) in [7, 11) is 4.34. The lowest BCUT2D eigenvalue weighted by Gasteiger charge is -2.09. The van der Waals surface area contributed by atoms with Crippen LogP contribution in [0, 0.1) is 0 Å². The molecule has 0 aliphatic carbocycles. The Morgan fingerprint density at radius 1 is 1.29 bits per heavy atom. The van der Waals surface area contributed by atoms with Crippen molar-refractivity contribution in [3.63, 3.8) is 0 Å². The van der Waals surface area contributed by atoms with Crippen LogP contribution in [0.2, 0.25) is 0 Å². The molecule has 1 rings (SSSR count). The van der Waals surface area contributed by atoms with Gasteiger partial charge in [0.05, 0.1) is 27.5 Å². The SMILES string of the molecule is COC(=O)NN=Cc1cccc(OC)c1OC. The van der Waals surface area contributed by atoms with Crippen LogP contribution in [0.4, 0.5) is 4.79 Å². The Balaban J connectivity index is 2.86. The molecule has 6 nitrogen and oxygen atoms in total. The summed E-state index contributed by atoms with van der Waals surface area (Å²) in [6, 6.07) is 5.34. The highest BCUT2D eigenvalue weighted by Gasteiger charge is 2.07. The molecule has 1 aromatic rings. The molecule has 0 spiro atoms. The van der Waals surface area contributed by atoms with Gasteiger partial charge in [-0.15, -0.1) is 0 Å². The summed E-state index contributed by atoms with van der Waals surface area (Å²) in [5.74, 6) is 1.14. The van der Waals surface area contributed by atoms with Crippen LogP contribution in [-0.4, -0.2) is 33.6 Å². The molecule has 0 heterocycles. The van der Waals surface area contributed by atoms with Crippen molar-refractivity contribution in [2.45, 2.75) is 0 Å². The first-order valence-corrected chi connectivity index (χ1v) is 4.81. The minimum Gasteiger partial charge on any atom is -0.493 e. The summed E-state index contributed by atoms with van der Waals surface area (Å²) in [4.78, 5) is 10.8. The van der Waals surface area contributed by atoms with Gasteiger partial charge in [0.15, 0.2) is 11.5 Å². The third-order valence-electron chi connectivity index (χ3n) is 1.98. The Kier molecular flexibility index (Phi) is 4.80. The van der Waals surface area contributed by atoms with Crippen LogP contribution in [0.1, 0.15) is 5.56 Å². The largest absolute Gasteiger partial charge is 0.493 e. The summed E-state index contributed by atoms with van der Waals surface area (Å²) in [6.07, 6.45) is 0.807. The predicted octanol–water partition coefficient (Wildman–Crippen LogP) is 1.39. The molecule has 92 valence electrons. The molecule has 0 aliphatic heterocycles. The Hall–Kier alpha value is -2.24. The van der Waals surface area contributed by atoms with Crippen LogP contribution in [-0.2, 0) is 4.74 Å². The summed E-state index contributed by atoms with van der Waals surface area (Å²) in [5.41, 5.74) is 2.87. The molecule has 1 amide bonds. The van der Waals surface area contributed by atoms with E-state index in [1.54, 1.807) is 25.3 Å². The number of ether oxygens (including phenoxy) is 3. The predicted molar refractivity (Wildman–Crippen MR) is 62.7 cm³/mol. The van der Waals surface area contributed by atoms with E-state index >= 15 is 0 Å². The number of hydrogen-bond donors (Lipinski definition) is 1. The van der Waals surface area contributed by atoms with Gasteiger partial charge in [0, 0.05) is 5.56 Å². The summed E-state index contributed by atoms with van der Waals surface area (Å²) < 4.78 is 14.7. The molecule has 0 aliphatic rings. The van der Waals surface area contributed by atoms with Crippen LogP contribution in [0.15, 0.2) is 23.3 Å². The molecule has 0 bridgehead atoms. The number of hydrazone groups is 1. The smallest absolute Gasteiger partial charge is 0.427 e. The molecule has 0 aromatic heterocycles. The first-order chi connectivity index (χ1) is 8.22. The van der Waals surface area contributed by atoms with E-state index in [1.165, 1.54) is 20.4 Å². The van der Waals surface area contributed by atoms with Crippen molar-refractivity contribution < 1.29 is 19.0 Å². The highest BCUT2D eigenvalue weighted by Crippen LogP contribution is 2.29. The number of carbonyl (C=O) groups excluding carboxylic acids is 1. The number of para-hydroxylation sites is 1. The van der Waals surface area contributed by atoms with Crippen LogP contribution in [0.5, 0.6) is 11.5 Å². The van der Waals surface area contributed by atoms with Gasteiger partial charge < -0.3 is 14.2 Å². The average molecular weight is 238 g/mol. The maximum atomic E-state index is 10.8. The van der Waals surface area contributed by atoms with Crippen molar-refractivity contribution >= 4 is 12.3 Å². The van der Waals surface area contributed by atoms with Gasteiger partial charge in [-0.3, -0.25) is 0 Å². The summed E-state index contributed by atoms with van der Waals surface area (Å²) in [6.45, 7) is 0. The summed E-state index contributed by atoms with van der Waals surface area (Å²) >= 11 is 0. The van der Waals surface area contributed by atoms with Gasteiger partial charge in [-0.1, -0.05) is 6.07 Å². The van der Waals surface area contributed by atoms with E-state index in [-0.39, 0.29) is 0 Å². The molecule has 17 heavy (non-hydrogen) atoms. The fraction of sp³-hybridized carbons (Fsp3) is 0.273. The van der Waals surface area contributed by atoms with Gasteiger partial charge in [0.2, 0.25) is 0 Å². The first-order valence-electron chi connectivity index (χ1n) is 4.81. The Labute approximate surface area is 99.2 Å². The average Bonchev–Trinajstić information content (AvgIpc) is 2.37. The van der Waals surface area contributed by atoms with Crippen molar-refractivity contribution in [1.29, 1.82) is 0 Å². The lowest BCUT2D eigenvalue weighted by atomic mass is 10.2. The number of nitrogens with one attached hydrogen (secondary N) is 1. The van der Waals surface area contributed by atoms with Gasteiger partial charge in [0.1, 0.15) is 0 Å². The van der Waals surface area contributed by atoms with Crippen molar-refractivity contribution in [2.75, 3.05) is 21.3 Å². The van der Waals surface area contributed by atoms with Crippen LogP contribution >= 0.6 is 0 Å². The van der Waals surface area contributed by atoms with Crippen molar-refractivity contribution in [2.24, 2.45) is 5.10 Å².